The third kappa shape index (κ3) is 5.02. The van der Waals surface area contributed by atoms with Crippen LogP contribution in [0.2, 0.25) is 0 Å². The van der Waals surface area contributed by atoms with Crippen molar-refractivity contribution in [2.75, 3.05) is 26.2 Å². The van der Waals surface area contributed by atoms with Gasteiger partial charge in [0.15, 0.2) is 0 Å². The first-order valence-corrected chi connectivity index (χ1v) is 12.6. The fourth-order valence-electron chi connectivity index (χ4n) is 4.72. The molecular weight excluding hydrogens is 434 g/mol. The average Bonchev–Trinajstić information content (AvgIpc) is 2.81. The highest BCUT2D eigenvalue weighted by Crippen LogP contribution is 2.29. The van der Waals surface area contributed by atoms with E-state index in [1.54, 1.807) is 0 Å². The van der Waals surface area contributed by atoms with Crippen LogP contribution in [0.1, 0.15) is 31.2 Å². The maximum Gasteiger partial charge on any atom is 0.246 e. The Kier molecular flexibility index (Phi) is 6.90. The first-order valence-electron chi connectivity index (χ1n) is 11.1. The van der Waals surface area contributed by atoms with Crippen molar-refractivity contribution in [3.05, 3.63) is 65.7 Å². The SMILES string of the molecule is O=C(C1CCN(S(=O)(=O)c2cc(F)ccc2F)CC1)N1CCC(Cc2ccccc2)CC1. The van der Waals surface area contributed by atoms with E-state index in [1.807, 2.05) is 23.1 Å². The van der Waals surface area contributed by atoms with Gasteiger partial charge in [-0.15, -0.1) is 0 Å². The van der Waals surface area contributed by atoms with Crippen LogP contribution in [0.25, 0.3) is 0 Å². The zero-order valence-electron chi connectivity index (χ0n) is 17.9. The van der Waals surface area contributed by atoms with Crippen LogP contribution in [-0.2, 0) is 21.2 Å². The molecule has 0 aliphatic carbocycles. The number of hydrogen-bond donors (Lipinski definition) is 0. The van der Waals surface area contributed by atoms with E-state index < -0.39 is 26.6 Å². The summed E-state index contributed by atoms with van der Waals surface area (Å²) in [6, 6.07) is 12.8. The minimum Gasteiger partial charge on any atom is -0.342 e. The van der Waals surface area contributed by atoms with Crippen LogP contribution in [0.4, 0.5) is 8.78 Å². The Morgan fingerprint density at radius 2 is 1.56 bits per heavy atom. The highest BCUT2D eigenvalue weighted by atomic mass is 32.2. The molecular formula is C24H28F2N2O3S. The Bertz CT molecular complexity index is 1050. The van der Waals surface area contributed by atoms with Crippen LogP contribution in [0.3, 0.4) is 0 Å². The molecule has 4 rings (SSSR count). The first kappa shape index (κ1) is 22.9. The van der Waals surface area contributed by atoms with E-state index in [0.29, 0.717) is 24.8 Å². The van der Waals surface area contributed by atoms with Gasteiger partial charge in [-0.2, -0.15) is 4.31 Å². The molecule has 32 heavy (non-hydrogen) atoms. The van der Waals surface area contributed by atoms with Crippen LogP contribution in [0, 0.1) is 23.5 Å². The monoisotopic (exact) mass is 462 g/mol. The normalized spacial score (nSPS) is 19.2. The van der Waals surface area contributed by atoms with Gasteiger partial charge in [0.1, 0.15) is 16.5 Å². The van der Waals surface area contributed by atoms with Gasteiger partial charge >= 0.3 is 0 Å². The lowest BCUT2D eigenvalue weighted by Crippen LogP contribution is -2.46. The molecule has 0 atom stereocenters. The summed E-state index contributed by atoms with van der Waals surface area (Å²) in [6.45, 7) is 1.70. The maximum absolute atomic E-state index is 14.0. The zero-order valence-corrected chi connectivity index (χ0v) is 18.7. The molecule has 2 aromatic carbocycles. The molecule has 0 saturated carbocycles. The van der Waals surface area contributed by atoms with Gasteiger partial charge in [0.25, 0.3) is 0 Å². The van der Waals surface area contributed by atoms with Crippen molar-refractivity contribution in [1.29, 1.82) is 0 Å². The van der Waals surface area contributed by atoms with E-state index in [-0.39, 0.29) is 24.9 Å². The Morgan fingerprint density at radius 1 is 0.906 bits per heavy atom. The molecule has 2 saturated heterocycles. The van der Waals surface area contributed by atoms with Gasteiger partial charge in [0, 0.05) is 32.1 Å². The number of carbonyl (C=O) groups excluding carboxylic acids is 1. The number of carbonyl (C=O) groups is 1. The van der Waals surface area contributed by atoms with Crippen LogP contribution in [0.5, 0.6) is 0 Å². The van der Waals surface area contributed by atoms with Gasteiger partial charge in [-0.1, -0.05) is 30.3 Å². The molecule has 1 amide bonds. The molecule has 0 radical (unpaired) electrons. The Balaban J connectivity index is 1.30. The number of halogens is 2. The second kappa shape index (κ2) is 9.67. The van der Waals surface area contributed by atoms with Crippen molar-refractivity contribution < 1.29 is 22.0 Å². The molecule has 2 fully saturated rings. The summed E-state index contributed by atoms with van der Waals surface area (Å²) >= 11 is 0. The predicted molar refractivity (Wildman–Crippen MR) is 117 cm³/mol. The van der Waals surface area contributed by atoms with Crippen molar-refractivity contribution in [3.63, 3.8) is 0 Å². The van der Waals surface area contributed by atoms with Crippen LogP contribution >= 0.6 is 0 Å². The molecule has 0 bridgehead atoms. The van der Waals surface area contributed by atoms with Crippen molar-refractivity contribution in [2.24, 2.45) is 11.8 Å². The molecule has 2 heterocycles. The van der Waals surface area contributed by atoms with Crippen molar-refractivity contribution in [2.45, 2.75) is 37.0 Å². The van der Waals surface area contributed by atoms with Crippen molar-refractivity contribution >= 4 is 15.9 Å². The fourth-order valence-corrected chi connectivity index (χ4v) is 6.27. The largest absolute Gasteiger partial charge is 0.342 e. The molecule has 8 heteroatoms. The van der Waals surface area contributed by atoms with Crippen molar-refractivity contribution in [1.82, 2.24) is 9.21 Å². The van der Waals surface area contributed by atoms with E-state index in [2.05, 4.69) is 12.1 Å². The number of nitrogens with zero attached hydrogens (tertiary/aromatic N) is 2. The molecule has 5 nitrogen and oxygen atoms in total. The molecule has 2 aliphatic rings. The minimum atomic E-state index is -4.13. The molecule has 0 aromatic heterocycles. The first-order chi connectivity index (χ1) is 15.3. The van der Waals surface area contributed by atoms with Gasteiger partial charge in [-0.05, 0) is 61.8 Å². The number of likely N-dealkylation sites (tertiary alicyclic amines) is 1. The van der Waals surface area contributed by atoms with E-state index in [1.165, 1.54) is 5.56 Å². The van der Waals surface area contributed by atoms with Gasteiger partial charge in [-0.25, -0.2) is 17.2 Å². The summed E-state index contributed by atoms with van der Waals surface area (Å²) in [4.78, 5) is 14.2. The van der Waals surface area contributed by atoms with Crippen LogP contribution in [0.15, 0.2) is 53.4 Å². The summed E-state index contributed by atoms with van der Waals surface area (Å²) in [7, 11) is -4.13. The van der Waals surface area contributed by atoms with Gasteiger partial charge < -0.3 is 4.90 Å². The van der Waals surface area contributed by atoms with Gasteiger partial charge in [-0.3, -0.25) is 4.79 Å². The molecule has 2 aliphatic heterocycles. The summed E-state index contributed by atoms with van der Waals surface area (Å²) < 4.78 is 54.1. The molecule has 172 valence electrons. The Morgan fingerprint density at radius 3 is 2.22 bits per heavy atom. The lowest BCUT2D eigenvalue weighted by Gasteiger charge is -2.37. The van der Waals surface area contributed by atoms with E-state index in [4.69, 9.17) is 0 Å². The number of piperidine rings is 2. The lowest BCUT2D eigenvalue weighted by molar-refractivity contribution is -0.138. The van der Waals surface area contributed by atoms with Crippen LogP contribution < -0.4 is 0 Å². The zero-order chi connectivity index (χ0) is 22.7. The lowest BCUT2D eigenvalue weighted by atomic mass is 9.89. The molecule has 2 aromatic rings. The average molecular weight is 463 g/mol. The second-order valence-corrected chi connectivity index (χ2v) is 10.6. The maximum atomic E-state index is 14.0. The van der Waals surface area contributed by atoms with Gasteiger partial charge in [0.05, 0.1) is 0 Å². The summed E-state index contributed by atoms with van der Waals surface area (Å²) in [5.41, 5.74) is 1.32. The molecule has 0 spiro atoms. The van der Waals surface area contributed by atoms with E-state index >= 15 is 0 Å². The highest BCUT2D eigenvalue weighted by Gasteiger charge is 2.36. The van der Waals surface area contributed by atoms with Gasteiger partial charge in [0.2, 0.25) is 15.9 Å². The van der Waals surface area contributed by atoms with E-state index in [9.17, 15) is 22.0 Å². The van der Waals surface area contributed by atoms with Crippen LogP contribution in [-0.4, -0.2) is 49.7 Å². The number of rotatable bonds is 5. The number of benzene rings is 2. The summed E-state index contributed by atoms with van der Waals surface area (Å²) in [6.07, 6.45) is 3.73. The number of sulfonamides is 1. The second-order valence-electron chi connectivity index (χ2n) is 8.71. The minimum absolute atomic E-state index is 0.0807. The quantitative estimate of drug-likeness (QED) is 0.678. The Labute approximate surface area is 188 Å². The van der Waals surface area contributed by atoms with Crippen molar-refractivity contribution in [3.8, 4) is 0 Å². The summed E-state index contributed by atoms with van der Waals surface area (Å²) in [5.74, 6) is -1.36. The molecule has 0 N–H and O–H groups in total. The highest BCUT2D eigenvalue weighted by molar-refractivity contribution is 7.89. The third-order valence-electron chi connectivity index (χ3n) is 6.61. The predicted octanol–water partition coefficient (Wildman–Crippen LogP) is 3.85. The Hall–Kier alpha value is -2.32. The van der Waals surface area contributed by atoms with E-state index in [0.717, 1.165) is 48.8 Å². The standard InChI is InChI=1S/C24H28F2N2O3S/c25-21-6-7-22(26)23(17-21)32(30,31)28-14-10-20(11-15-28)24(29)27-12-8-19(9-13-27)16-18-4-2-1-3-5-18/h1-7,17,19-20H,8-16H2. The smallest absolute Gasteiger partial charge is 0.246 e. The fraction of sp³-hybridized carbons (Fsp3) is 0.458. The molecule has 0 unspecified atom stereocenters. The topological polar surface area (TPSA) is 57.7 Å². The summed E-state index contributed by atoms with van der Waals surface area (Å²) in [5, 5.41) is 0. The number of amides is 1. The number of hydrogen-bond acceptors (Lipinski definition) is 3. The third-order valence-corrected chi connectivity index (χ3v) is 8.52.